The van der Waals surface area contributed by atoms with Gasteiger partial charge in [0.15, 0.2) is 0 Å². The van der Waals surface area contributed by atoms with Gasteiger partial charge in [0.2, 0.25) is 5.88 Å². The Balaban J connectivity index is 2.23. The molecule has 0 radical (unpaired) electrons. The van der Waals surface area contributed by atoms with Crippen LogP contribution >= 0.6 is 0 Å². The molecule has 0 fully saturated rings. The number of ether oxygens (including phenoxy) is 2. The van der Waals surface area contributed by atoms with E-state index in [1.165, 1.54) is 0 Å². The number of anilines is 3. The van der Waals surface area contributed by atoms with Crippen molar-refractivity contribution in [2.75, 3.05) is 25.3 Å². The normalized spacial score (nSPS) is 10.1. The van der Waals surface area contributed by atoms with Gasteiger partial charge in [-0.05, 0) is 42.8 Å². The van der Waals surface area contributed by atoms with Crippen LogP contribution in [0.3, 0.4) is 0 Å². The Morgan fingerprint density at radius 3 is 2.53 bits per heavy atom. The van der Waals surface area contributed by atoms with Crippen molar-refractivity contribution >= 4 is 17.2 Å². The predicted molar refractivity (Wildman–Crippen MR) is 76.2 cm³/mol. The van der Waals surface area contributed by atoms with Crippen LogP contribution in [0, 0.1) is 6.92 Å². The number of methoxy groups -OCH3 is 2. The van der Waals surface area contributed by atoms with E-state index >= 15 is 0 Å². The van der Waals surface area contributed by atoms with E-state index in [0.29, 0.717) is 17.4 Å². The highest BCUT2D eigenvalue weighted by atomic mass is 16.5. The van der Waals surface area contributed by atoms with Crippen LogP contribution in [0.5, 0.6) is 11.6 Å². The second kappa shape index (κ2) is 5.48. The summed E-state index contributed by atoms with van der Waals surface area (Å²) in [7, 11) is 3.20. The molecule has 0 saturated carbocycles. The standard InChI is InChI=1S/C14H17N3O2/c1-9-8-10(4-6-12(9)18-2)16-13-7-5-11(15)14(17-13)19-3/h4-8H,15H2,1-3H3,(H,16,17). The Labute approximate surface area is 112 Å². The lowest BCUT2D eigenvalue weighted by Crippen LogP contribution is -1.99. The fourth-order valence-corrected chi connectivity index (χ4v) is 1.79. The largest absolute Gasteiger partial charge is 0.496 e. The van der Waals surface area contributed by atoms with E-state index in [0.717, 1.165) is 17.0 Å². The van der Waals surface area contributed by atoms with E-state index in [1.807, 2.05) is 25.1 Å². The Morgan fingerprint density at radius 1 is 1.11 bits per heavy atom. The number of nitrogen functional groups attached to an aromatic ring is 1. The number of aryl methyl sites for hydroxylation is 1. The number of rotatable bonds is 4. The van der Waals surface area contributed by atoms with Crippen molar-refractivity contribution in [1.29, 1.82) is 0 Å². The maximum Gasteiger partial charge on any atom is 0.238 e. The van der Waals surface area contributed by atoms with Crippen molar-refractivity contribution in [3.8, 4) is 11.6 Å². The van der Waals surface area contributed by atoms with Crippen LogP contribution in [-0.2, 0) is 0 Å². The molecule has 0 bridgehead atoms. The summed E-state index contributed by atoms with van der Waals surface area (Å²) in [4.78, 5) is 4.27. The first-order valence-electron chi connectivity index (χ1n) is 5.86. The van der Waals surface area contributed by atoms with Crippen molar-refractivity contribution in [2.45, 2.75) is 6.92 Å². The fourth-order valence-electron chi connectivity index (χ4n) is 1.79. The van der Waals surface area contributed by atoms with Gasteiger partial charge >= 0.3 is 0 Å². The van der Waals surface area contributed by atoms with Gasteiger partial charge in [-0.3, -0.25) is 0 Å². The minimum atomic E-state index is 0.412. The Morgan fingerprint density at radius 2 is 1.89 bits per heavy atom. The number of nitrogens with two attached hydrogens (primary N) is 1. The molecule has 1 aromatic carbocycles. The molecule has 0 saturated heterocycles. The average molecular weight is 259 g/mol. The second-order valence-electron chi connectivity index (χ2n) is 4.10. The minimum Gasteiger partial charge on any atom is -0.496 e. The maximum atomic E-state index is 5.72. The molecule has 2 aromatic rings. The summed E-state index contributed by atoms with van der Waals surface area (Å²) >= 11 is 0. The molecule has 0 aliphatic carbocycles. The number of hydrogen-bond donors (Lipinski definition) is 2. The molecule has 0 aliphatic rings. The summed E-state index contributed by atoms with van der Waals surface area (Å²) in [5.74, 6) is 1.94. The molecule has 5 nitrogen and oxygen atoms in total. The van der Waals surface area contributed by atoms with Gasteiger partial charge in [0.05, 0.1) is 19.9 Å². The molecule has 19 heavy (non-hydrogen) atoms. The molecule has 0 aliphatic heterocycles. The number of hydrogen-bond acceptors (Lipinski definition) is 5. The first kappa shape index (κ1) is 13.0. The zero-order valence-electron chi connectivity index (χ0n) is 11.2. The molecule has 1 heterocycles. The second-order valence-corrected chi connectivity index (χ2v) is 4.10. The third kappa shape index (κ3) is 2.88. The number of benzene rings is 1. The Hall–Kier alpha value is -2.43. The lowest BCUT2D eigenvalue weighted by atomic mass is 10.2. The molecular formula is C14H17N3O2. The SMILES string of the molecule is COc1ccc(Nc2ccc(N)c(OC)n2)cc1C. The van der Waals surface area contributed by atoms with E-state index in [4.69, 9.17) is 15.2 Å². The first-order chi connectivity index (χ1) is 9.13. The molecule has 5 heteroatoms. The van der Waals surface area contributed by atoms with Crippen LogP contribution in [0.4, 0.5) is 17.2 Å². The van der Waals surface area contributed by atoms with Crippen molar-refractivity contribution in [1.82, 2.24) is 4.98 Å². The van der Waals surface area contributed by atoms with Crippen LogP contribution < -0.4 is 20.5 Å². The summed E-state index contributed by atoms with van der Waals surface area (Å²) in [6.45, 7) is 1.99. The molecule has 3 N–H and O–H groups in total. The minimum absolute atomic E-state index is 0.412. The van der Waals surface area contributed by atoms with Gasteiger partial charge < -0.3 is 20.5 Å². The van der Waals surface area contributed by atoms with Gasteiger partial charge in [-0.25, -0.2) is 0 Å². The van der Waals surface area contributed by atoms with Gasteiger partial charge in [-0.2, -0.15) is 4.98 Å². The third-order valence-corrected chi connectivity index (χ3v) is 2.75. The van der Waals surface area contributed by atoms with Crippen LogP contribution in [-0.4, -0.2) is 19.2 Å². The van der Waals surface area contributed by atoms with E-state index in [2.05, 4.69) is 10.3 Å². The fraction of sp³-hybridized carbons (Fsp3) is 0.214. The summed E-state index contributed by atoms with van der Waals surface area (Å²) in [5.41, 5.74) is 8.22. The quantitative estimate of drug-likeness (QED) is 0.883. The van der Waals surface area contributed by atoms with Crippen molar-refractivity contribution < 1.29 is 9.47 Å². The number of aromatic nitrogens is 1. The Kier molecular flexibility index (Phi) is 3.75. The summed E-state index contributed by atoms with van der Waals surface area (Å²) < 4.78 is 10.3. The van der Waals surface area contributed by atoms with Gasteiger partial charge in [-0.1, -0.05) is 0 Å². The number of nitrogens with zero attached hydrogens (tertiary/aromatic N) is 1. The monoisotopic (exact) mass is 259 g/mol. The zero-order valence-corrected chi connectivity index (χ0v) is 11.2. The van der Waals surface area contributed by atoms with Crippen molar-refractivity contribution in [3.05, 3.63) is 35.9 Å². The number of pyridine rings is 1. The van der Waals surface area contributed by atoms with Crippen molar-refractivity contribution in [2.24, 2.45) is 0 Å². The lowest BCUT2D eigenvalue weighted by Gasteiger charge is -2.10. The van der Waals surface area contributed by atoms with Crippen LogP contribution in [0.15, 0.2) is 30.3 Å². The molecule has 0 unspecified atom stereocenters. The van der Waals surface area contributed by atoms with Gasteiger partial charge in [-0.15, -0.1) is 0 Å². The van der Waals surface area contributed by atoms with Crippen LogP contribution in [0.25, 0.3) is 0 Å². The Bertz CT molecular complexity index is 585. The molecule has 0 amide bonds. The molecule has 1 aromatic heterocycles. The van der Waals surface area contributed by atoms with Gasteiger partial charge in [0.25, 0.3) is 0 Å². The zero-order chi connectivity index (χ0) is 13.8. The third-order valence-electron chi connectivity index (χ3n) is 2.75. The average Bonchev–Trinajstić information content (AvgIpc) is 2.41. The molecule has 2 rings (SSSR count). The summed E-state index contributed by atoms with van der Waals surface area (Å²) in [6, 6.07) is 9.38. The summed E-state index contributed by atoms with van der Waals surface area (Å²) in [6.07, 6.45) is 0. The number of nitrogens with one attached hydrogen (secondary N) is 1. The van der Waals surface area contributed by atoms with E-state index in [1.54, 1.807) is 26.4 Å². The maximum absolute atomic E-state index is 5.72. The molecule has 0 spiro atoms. The summed E-state index contributed by atoms with van der Waals surface area (Å²) in [5, 5.41) is 3.20. The highest BCUT2D eigenvalue weighted by Crippen LogP contribution is 2.26. The van der Waals surface area contributed by atoms with Crippen molar-refractivity contribution in [3.63, 3.8) is 0 Å². The highest BCUT2D eigenvalue weighted by molar-refractivity contribution is 5.62. The van der Waals surface area contributed by atoms with E-state index < -0.39 is 0 Å². The smallest absolute Gasteiger partial charge is 0.238 e. The van der Waals surface area contributed by atoms with Gasteiger partial charge in [0, 0.05) is 5.69 Å². The predicted octanol–water partition coefficient (Wildman–Crippen LogP) is 2.73. The molecule has 100 valence electrons. The first-order valence-corrected chi connectivity index (χ1v) is 5.86. The van der Waals surface area contributed by atoms with E-state index in [9.17, 15) is 0 Å². The molecular weight excluding hydrogens is 242 g/mol. The van der Waals surface area contributed by atoms with Crippen LogP contribution in [0.2, 0.25) is 0 Å². The highest BCUT2D eigenvalue weighted by Gasteiger charge is 2.04. The van der Waals surface area contributed by atoms with E-state index in [-0.39, 0.29) is 0 Å². The van der Waals surface area contributed by atoms with Crippen LogP contribution in [0.1, 0.15) is 5.56 Å². The molecule has 0 atom stereocenters. The lowest BCUT2D eigenvalue weighted by molar-refractivity contribution is 0.401. The topological polar surface area (TPSA) is 69.4 Å². The van der Waals surface area contributed by atoms with Gasteiger partial charge in [0.1, 0.15) is 11.6 Å².